The lowest BCUT2D eigenvalue weighted by molar-refractivity contribution is -0.134. The van der Waals surface area contributed by atoms with E-state index in [4.69, 9.17) is 0 Å². The molecule has 1 heterocycles. The molecule has 1 fully saturated rings. The molecule has 0 aliphatic carbocycles. The molecule has 0 bridgehead atoms. The molecule has 5 heteroatoms. The van der Waals surface area contributed by atoms with Crippen LogP contribution in [0.1, 0.15) is 40.0 Å². The molecule has 19 heavy (non-hydrogen) atoms. The molecule has 1 aliphatic heterocycles. The van der Waals surface area contributed by atoms with Crippen LogP contribution in [0.2, 0.25) is 0 Å². The van der Waals surface area contributed by atoms with Gasteiger partial charge in [-0.2, -0.15) is 0 Å². The van der Waals surface area contributed by atoms with Crippen molar-refractivity contribution in [2.24, 2.45) is 5.41 Å². The second kappa shape index (κ2) is 6.37. The van der Waals surface area contributed by atoms with Gasteiger partial charge in [-0.05, 0) is 33.9 Å². The van der Waals surface area contributed by atoms with Crippen LogP contribution in [0.5, 0.6) is 0 Å². The predicted octanol–water partition coefficient (Wildman–Crippen LogP) is 1.05. The summed E-state index contributed by atoms with van der Waals surface area (Å²) in [6.45, 7) is 7.28. The molecule has 0 saturated carbocycles. The quantitative estimate of drug-likeness (QED) is 0.733. The minimum absolute atomic E-state index is 0.0414. The first kappa shape index (κ1) is 16.0. The standard InChI is InChI=1S/C14H27N3O2/c1-11(17-8-6-7-12(17)18)9-14(2,3)13(19)15-10-16(4)5/h11H,6-10H2,1-5H3,(H,15,19). The first-order valence-corrected chi connectivity index (χ1v) is 6.96. The minimum atomic E-state index is -0.460. The number of amides is 2. The maximum atomic E-state index is 12.2. The van der Waals surface area contributed by atoms with Crippen LogP contribution in [0.3, 0.4) is 0 Å². The highest BCUT2D eigenvalue weighted by Crippen LogP contribution is 2.27. The molecule has 0 radical (unpaired) electrons. The largest absolute Gasteiger partial charge is 0.343 e. The van der Waals surface area contributed by atoms with Gasteiger partial charge in [-0.3, -0.25) is 14.5 Å². The van der Waals surface area contributed by atoms with E-state index in [1.165, 1.54) is 0 Å². The SMILES string of the molecule is CC(CC(C)(C)C(=O)NCN(C)C)N1CCCC1=O. The van der Waals surface area contributed by atoms with E-state index in [0.717, 1.165) is 13.0 Å². The topological polar surface area (TPSA) is 52.7 Å². The van der Waals surface area contributed by atoms with Gasteiger partial charge in [0, 0.05) is 24.4 Å². The molecule has 0 aromatic heterocycles. The third-order valence-corrected chi connectivity index (χ3v) is 3.62. The van der Waals surface area contributed by atoms with Crippen LogP contribution in [0.25, 0.3) is 0 Å². The van der Waals surface area contributed by atoms with Gasteiger partial charge < -0.3 is 10.2 Å². The van der Waals surface area contributed by atoms with Gasteiger partial charge in [0.25, 0.3) is 0 Å². The Labute approximate surface area is 116 Å². The molecule has 110 valence electrons. The molecule has 1 N–H and O–H groups in total. The summed E-state index contributed by atoms with van der Waals surface area (Å²) < 4.78 is 0. The number of rotatable bonds is 6. The zero-order valence-corrected chi connectivity index (χ0v) is 12.8. The van der Waals surface area contributed by atoms with Gasteiger partial charge in [-0.25, -0.2) is 0 Å². The van der Waals surface area contributed by atoms with E-state index in [1.807, 2.05) is 44.7 Å². The molecule has 1 aliphatic rings. The first-order chi connectivity index (χ1) is 8.74. The number of carbonyl (C=O) groups excluding carboxylic acids is 2. The van der Waals surface area contributed by atoms with Crippen LogP contribution in [0, 0.1) is 5.41 Å². The summed E-state index contributed by atoms with van der Waals surface area (Å²) in [6, 6.07) is 0.120. The van der Waals surface area contributed by atoms with Gasteiger partial charge in [-0.15, -0.1) is 0 Å². The van der Waals surface area contributed by atoms with Crippen molar-refractivity contribution in [3.05, 3.63) is 0 Å². The zero-order valence-electron chi connectivity index (χ0n) is 12.8. The average Bonchev–Trinajstić information content (AvgIpc) is 2.71. The van der Waals surface area contributed by atoms with Crippen LogP contribution in [-0.4, -0.2) is 55.0 Å². The van der Waals surface area contributed by atoms with Crippen molar-refractivity contribution in [3.8, 4) is 0 Å². The lowest BCUT2D eigenvalue weighted by Gasteiger charge is -2.32. The monoisotopic (exact) mass is 269 g/mol. The smallest absolute Gasteiger partial charge is 0.226 e. The fourth-order valence-corrected chi connectivity index (χ4v) is 2.55. The Bertz CT molecular complexity index is 340. The third kappa shape index (κ3) is 4.49. The number of carbonyl (C=O) groups is 2. The molecular weight excluding hydrogens is 242 g/mol. The van der Waals surface area contributed by atoms with Crippen LogP contribution < -0.4 is 5.32 Å². The van der Waals surface area contributed by atoms with Crippen molar-refractivity contribution in [1.29, 1.82) is 0 Å². The van der Waals surface area contributed by atoms with Crippen molar-refractivity contribution in [1.82, 2.24) is 15.1 Å². The maximum absolute atomic E-state index is 12.2. The maximum Gasteiger partial charge on any atom is 0.226 e. The number of likely N-dealkylation sites (tertiary alicyclic amines) is 1. The third-order valence-electron chi connectivity index (χ3n) is 3.62. The average molecular weight is 269 g/mol. The van der Waals surface area contributed by atoms with Crippen LogP contribution in [0.4, 0.5) is 0 Å². The van der Waals surface area contributed by atoms with E-state index >= 15 is 0 Å². The Morgan fingerprint density at radius 3 is 2.58 bits per heavy atom. The van der Waals surface area contributed by atoms with E-state index in [-0.39, 0.29) is 17.9 Å². The highest BCUT2D eigenvalue weighted by molar-refractivity contribution is 5.82. The lowest BCUT2D eigenvalue weighted by Crippen LogP contribution is -2.45. The molecule has 0 spiro atoms. The van der Waals surface area contributed by atoms with Gasteiger partial charge in [0.05, 0.1) is 6.67 Å². The molecule has 1 saturated heterocycles. The van der Waals surface area contributed by atoms with Gasteiger partial charge >= 0.3 is 0 Å². The summed E-state index contributed by atoms with van der Waals surface area (Å²) in [5.41, 5.74) is -0.460. The van der Waals surface area contributed by atoms with Crippen LogP contribution in [-0.2, 0) is 9.59 Å². The van der Waals surface area contributed by atoms with Crippen molar-refractivity contribution in [2.75, 3.05) is 27.3 Å². The molecular formula is C14H27N3O2. The fourth-order valence-electron chi connectivity index (χ4n) is 2.55. The van der Waals surface area contributed by atoms with E-state index < -0.39 is 5.41 Å². The summed E-state index contributed by atoms with van der Waals surface area (Å²) in [4.78, 5) is 27.7. The fraction of sp³-hybridized carbons (Fsp3) is 0.857. The number of nitrogens with zero attached hydrogens (tertiary/aromatic N) is 2. The Balaban J connectivity index is 2.52. The second-order valence-electron chi connectivity index (χ2n) is 6.37. The molecule has 0 aromatic carbocycles. The van der Waals surface area contributed by atoms with E-state index in [0.29, 0.717) is 19.5 Å². The summed E-state index contributed by atoms with van der Waals surface area (Å²) >= 11 is 0. The van der Waals surface area contributed by atoms with Gasteiger partial charge in [-0.1, -0.05) is 13.8 Å². The Morgan fingerprint density at radius 2 is 2.11 bits per heavy atom. The normalized spacial score (nSPS) is 18.0. The predicted molar refractivity (Wildman–Crippen MR) is 75.5 cm³/mol. The molecule has 2 amide bonds. The molecule has 1 unspecified atom stereocenters. The van der Waals surface area contributed by atoms with E-state index in [1.54, 1.807) is 0 Å². The molecule has 1 rings (SSSR count). The van der Waals surface area contributed by atoms with Crippen LogP contribution in [0.15, 0.2) is 0 Å². The van der Waals surface area contributed by atoms with Gasteiger partial charge in [0.2, 0.25) is 11.8 Å². The summed E-state index contributed by atoms with van der Waals surface area (Å²) in [5, 5.41) is 2.91. The first-order valence-electron chi connectivity index (χ1n) is 6.96. The van der Waals surface area contributed by atoms with Crippen molar-refractivity contribution in [3.63, 3.8) is 0 Å². The van der Waals surface area contributed by atoms with E-state index in [2.05, 4.69) is 5.32 Å². The summed E-state index contributed by atoms with van der Waals surface area (Å²) in [5.74, 6) is 0.261. The lowest BCUT2D eigenvalue weighted by atomic mass is 9.84. The van der Waals surface area contributed by atoms with Crippen molar-refractivity contribution < 1.29 is 9.59 Å². The summed E-state index contributed by atoms with van der Waals surface area (Å²) in [7, 11) is 3.83. The minimum Gasteiger partial charge on any atom is -0.343 e. The zero-order chi connectivity index (χ0) is 14.6. The van der Waals surface area contributed by atoms with Crippen molar-refractivity contribution >= 4 is 11.8 Å². The number of hydrogen-bond acceptors (Lipinski definition) is 3. The van der Waals surface area contributed by atoms with E-state index in [9.17, 15) is 9.59 Å². The molecule has 5 nitrogen and oxygen atoms in total. The Morgan fingerprint density at radius 1 is 1.47 bits per heavy atom. The summed E-state index contributed by atoms with van der Waals surface area (Å²) in [6.07, 6.45) is 2.28. The Kier molecular flexibility index (Phi) is 5.35. The number of hydrogen-bond donors (Lipinski definition) is 1. The number of nitrogens with one attached hydrogen (secondary N) is 1. The Hall–Kier alpha value is -1.10. The van der Waals surface area contributed by atoms with Gasteiger partial charge in [0.15, 0.2) is 0 Å². The molecule has 1 atom stereocenters. The highest BCUT2D eigenvalue weighted by Gasteiger charge is 2.34. The van der Waals surface area contributed by atoms with Crippen LogP contribution >= 0.6 is 0 Å². The second-order valence-corrected chi connectivity index (χ2v) is 6.37. The molecule has 0 aromatic rings. The van der Waals surface area contributed by atoms with Gasteiger partial charge in [0.1, 0.15) is 0 Å². The highest BCUT2D eigenvalue weighted by atomic mass is 16.2. The van der Waals surface area contributed by atoms with Crippen molar-refractivity contribution in [2.45, 2.75) is 46.1 Å².